The van der Waals surface area contributed by atoms with Gasteiger partial charge in [-0.05, 0) is 25.0 Å². The number of carbonyl (C=O) groups excluding carboxylic acids is 1. The summed E-state index contributed by atoms with van der Waals surface area (Å²) in [6, 6.07) is 4.64. The maximum atomic E-state index is 12.6. The molecule has 1 aromatic carbocycles. The summed E-state index contributed by atoms with van der Waals surface area (Å²) in [5, 5.41) is 12.6. The minimum Gasteiger partial charge on any atom is -0.497 e. The molecule has 30 heavy (non-hydrogen) atoms. The van der Waals surface area contributed by atoms with Crippen molar-refractivity contribution in [3.8, 4) is 5.75 Å². The summed E-state index contributed by atoms with van der Waals surface area (Å²) in [6.07, 6.45) is 0.967. The van der Waals surface area contributed by atoms with Crippen LogP contribution < -0.4 is 15.0 Å². The van der Waals surface area contributed by atoms with E-state index >= 15 is 0 Å². The van der Waals surface area contributed by atoms with Gasteiger partial charge in [0.25, 0.3) is 5.91 Å². The van der Waals surface area contributed by atoms with Gasteiger partial charge >= 0.3 is 5.97 Å². The predicted molar refractivity (Wildman–Crippen MR) is 112 cm³/mol. The maximum Gasteiger partial charge on any atom is 0.335 e. The van der Waals surface area contributed by atoms with E-state index in [1.165, 1.54) is 13.2 Å². The van der Waals surface area contributed by atoms with E-state index in [-0.39, 0.29) is 29.4 Å². The van der Waals surface area contributed by atoms with Gasteiger partial charge < -0.3 is 29.8 Å². The Morgan fingerprint density at radius 3 is 2.73 bits per heavy atom. The van der Waals surface area contributed by atoms with Crippen LogP contribution in [0.3, 0.4) is 0 Å². The number of anilines is 1. The number of benzene rings is 1. The van der Waals surface area contributed by atoms with E-state index in [0.717, 1.165) is 5.69 Å². The van der Waals surface area contributed by atoms with Crippen LogP contribution in [0.4, 0.5) is 5.69 Å². The van der Waals surface area contributed by atoms with E-state index in [2.05, 4.69) is 15.3 Å². The average molecular weight is 437 g/mol. The molecule has 1 aromatic heterocycles. The van der Waals surface area contributed by atoms with Gasteiger partial charge in [0, 0.05) is 32.0 Å². The highest BCUT2D eigenvalue weighted by molar-refractivity contribution is 6.30. The van der Waals surface area contributed by atoms with Gasteiger partial charge in [-0.15, -0.1) is 0 Å². The summed E-state index contributed by atoms with van der Waals surface area (Å²) >= 11 is 6.03. The quantitative estimate of drug-likeness (QED) is 0.609. The van der Waals surface area contributed by atoms with Gasteiger partial charge in [0.1, 0.15) is 5.75 Å². The Morgan fingerprint density at radius 1 is 1.37 bits per heavy atom. The van der Waals surface area contributed by atoms with E-state index in [1.54, 1.807) is 19.2 Å². The Balaban J connectivity index is 1.72. The fourth-order valence-corrected chi connectivity index (χ4v) is 3.79. The molecule has 0 aliphatic carbocycles. The summed E-state index contributed by atoms with van der Waals surface area (Å²) < 4.78 is 10.8. The van der Waals surface area contributed by atoms with Crippen molar-refractivity contribution in [2.75, 3.05) is 32.2 Å². The van der Waals surface area contributed by atoms with Gasteiger partial charge in [-0.25, -0.2) is 9.78 Å². The van der Waals surface area contributed by atoms with Crippen LogP contribution >= 0.6 is 11.6 Å². The molecule has 2 heterocycles. The Morgan fingerprint density at radius 2 is 2.13 bits per heavy atom. The molecule has 1 saturated heterocycles. The van der Waals surface area contributed by atoms with Gasteiger partial charge in [-0.2, -0.15) is 0 Å². The number of nitrogens with one attached hydrogen (secondary N) is 2. The first-order valence-corrected chi connectivity index (χ1v) is 9.99. The molecule has 1 aliphatic rings. The highest BCUT2D eigenvalue weighted by Gasteiger charge is 2.32. The number of amides is 1. The third-order valence-electron chi connectivity index (χ3n) is 5.21. The predicted octanol–water partition coefficient (Wildman–Crippen LogP) is 2.36. The van der Waals surface area contributed by atoms with Crippen molar-refractivity contribution in [2.24, 2.45) is 0 Å². The highest BCUT2D eigenvalue weighted by Crippen LogP contribution is 2.27. The molecule has 3 N–H and O–H groups in total. The zero-order chi connectivity index (χ0) is 21.8. The summed E-state index contributed by atoms with van der Waals surface area (Å²) in [5.74, 6) is -0.723. The second kappa shape index (κ2) is 9.36. The van der Waals surface area contributed by atoms with Crippen molar-refractivity contribution < 1.29 is 24.2 Å². The average Bonchev–Trinajstić information content (AvgIpc) is 3.14. The maximum absolute atomic E-state index is 12.6. The second-order valence-electron chi connectivity index (χ2n) is 7.02. The van der Waals surface area contributed by atoms with Crippen molar-refractivity contribution in [1.82, 2.24) is 15.3 Å². The lowest BCUT2D eigenvalue weighted by Gasteiger charge is -2.39. The molecule has 10 heteroatoms. The van der Waals surface area contributed by atoms with Crippen molar-refractivity contribution in [1.29, 1.82) is 0 Å². The van der Waals surface area contributed by atoms with Crippen LogP contribution in [-0.2, 0) is 11.2 Å². The SMILES string of the molecule is CCc1[nH]c(C(=O)N[C@@H]2CCN(c3cc(OC)cc(C(=O)O)c3)C[C@@H]2OC)nc1Cl. The Bertz CT molecular complexity index is 932. The number of imidazole rings is 1. The van der Waals surface area contributed by atoms with Crippen LogP contribution in [0.15, 0.2) is 18.2 Å². The van der Waals surface area contributed by atoms with Gasteiger partial charge in [0.15, 0.2) is 11.0 Å². The molecule has 1 fully saturated rings. The number of hydrogen-bond donors (Lipinski definition) is 3. The Hall–Kier alpha value is -2.78. The molecule has 1 amide bonds. The Kier molecular flexibility index (Phi) is 6.84. The van der Waals surface area contributed by atoms with E-state index in [1.807, 2.05) is 11.8 Å². The van der Waals surface area contributed by atoms with Crippen LogP contribution in [0.2, 0.25) is 5.15 Å². The van der Waals surface area contributed by atoms with Crippen LogP contribution in [0.1, 0.15) is 40.0 Å². The van der Waals surface area contributed by atoms with E-state index in [0.29, 0.717) is 42.5 Å². The molecule has 0 bridgehead atoms. The van der Waals surface area contributed by atoms with Crippen LogP contribution in [-0.4, -0.2) is 66.4 Å². The van der Waals surface area contributed by atoms with Crippen LogP contribution in [0, 0.1) is 0 Å². The van der Waals surface area contributed by atoms with Crippen molar-refractivity contribution in [2.45, 2.75) is 31.9 Å². The Labute approximate surface area is 179 Å². The number of aryl methyl sites for hydroxylation is 1. The fraction of sp³-hybridized carbons (Fsp3) is 0.450. The number of hydrogen-bond acceptors (Lipinski definition) is 6. The number of carbonyl (C=O) groups is 2. The molecule has 0 unspecified atom stereocenters. The van der Waals surface area contributed by atoms with Crippen LogP contribution in [0.25, 0.3) is 0 Å². The standard InChI is InChI=1S/C20H25ClN4O5/c1-4-14-17(21)24-18(22-14)19(26)23-15-5-6-25(10-16(15)30-3)12-7-11(20(27)28)8-13(9-12)29-2/h7-9,15-16H,4-6,10H2,1-3H3,(H,22,24)(H,23,26)(H,27,28)/t15-,16+/m1/s1. The van der Waals surface area contributed by atoms with Gasteiger partial charge in [0.2, 0.25) is 0 Å². The number of aromatic amines is 1. The molecule has 2 atom stereocenters. The molecular formula is C20H25ClN4O5. The van der Waals surface area contributed by atoms with Crippen molar-refractivity contribution >= 4 is 29.2 Å². The minimum atomic E-state index is -1.02. The molecule has 1 aliphatic heterocycles. The topological polar surface area (TPSA) is 117 Å². The van der Waals surface area contributed by atoms with E-state index in [9.17, 15) is 14.7 Å². The number of carboxylic acid groups (broad SMARTS) is 1. The number of aromatic nitrogens is 2. The molecular weight excluding hydrogens is 412 g/mol. The van der Waals surface area contributed by atoms with Crippen molar-refractivity contribution in [3.63, 3.8) is 0 Å². The number of rotatable bonds is 7. The largest absolute Gasteiger partial charge is 0.497 e. The third-order valence-corrected chi connectivity index (χ3v) is 5.53. The number of ether oxygens (including phenoxy) is 2. The zero-order valence-corrected chi connectivity index (χ0v) is 17.8. The van der Waals surface area contributed by atoms with Gasteiger partial charge in [-0.1, -0.05) is 18.5 Å². The number of nitrogens with zero attached hydrogens (tertiary/aromatic N) is 2. The normalized spacial score (nSPS) is 18.9. The van der Waals surface area contributed by atoms with E-state index in [4.69, 9.17) is 21.1 Å². The first-order valence-electron chi connectivity index (χ1n) is 9.61. The summed E-state index contributed by atoms with van der Waals surface area (Å²) in [4.78, 5) is 33.1. The minimum absolute atomic E-state index is 0.148. The van der Waals surface area contributed by atoms with Gasteiger partial charge in [-0.3, -0.25) is 4.79 Å². The first-order chi connectivity index (χ1) is 14.4. The molecule has 0 saturated carbocycles. The zero-order valence-electron chi connectivity index (χ0n) is 17.1. The second-order valence-corrected chi connectivity index (χ2v) is 7.38. The number of aromatic carboxylic acids is 1. The lowest BCUT2D eigenvalue weighted by molar-refractivity contribution is 0.0538. The summed E-state index contributed by atoms with van der Waals surface area (Å²) in [6.45, 7) is 3.01. The fourth-order valence-electron chi connectivity index (χ4n) is 3.53. The molecule has 162 valence electrons. The van der Waals surface area contributed by atoms with Crippen LogP contribution in [0.5, 0.6) is 5.75 Å². The molecule has 3 rings (SSSR count). The number of H-pyrrole nitrogens is 1. The molecule has 9 nitrogen and oxygen atoms in total. The number of piperidine rings is 1. The highest BCUT2D eigenvalue weighted by atomic mass is 35.5. The lowest BCUT2D eigenvalue weighted by atomic mass is 10.00. The third kappa shape index (κ3) is 4.68. The lowest BCUT2D eigenvalue weighted by Crippen LogP contribution is -2.55. The smallest absolute Gasteiger partial charge is 0.335 e. The summed E-state index contributed by atoms with van der Waals surface area (Å²) in [7, 11) is 3.08. The van der Waals surface area contributed by atoms with Gasteiger partial charge in [0.05, 0.1) is 30.5 Å². The first kappa shape index (κ1) is 21.9. The molecule has 0 spiro atoms. The molecule has 0 radical (unpaired) electrons. The number of carboxylic acids is 1. The monoisotopic (exact) mass is 436 g/mol. The molecule has 2 aromatic rings. The number of methoxy groups -OCH3 is 2. The summed E-state index contributed by atoms with van der Waals surface area (Å²) in [5.41, 5.74) is 1.59. The van der Waals surface area contributed by atoms with E-state index < -0.39 is 5.97 Å². The van der Waals surface area contributed by atoms with Crippen molar-refractivity contribution in [3.05, 3.63) is 40.4 Å². The number of halogens is 1.